The molecule has 0 amide bonds. The first-order valence-corrected chi connectivity index (χ1v) is 7.12. The number of aromatic nitrogens is 1. The van der Waals surface area contributed by atoms with E-state index in [1.54, 1.807) is 11.8 Å². The molecule has 100 valence electrons. The average Bonchev–Trinajstić information content (AvgIpc) is 2.75. The summed E-state index contributed by atoms with van der Waals surface area (Å²) in [6, 6.07) is 2.29. The van der Waals surface area contributed by atoms with Crippen LogP contribution in [0.5, 0.6) is 0 Å². The first-order chi connectivity index (χ1) is 8.50. The summed E-state index contributed by atoms with van der Waals surface area (Å²) < 4.78 is 37.7. The zero-order valence-corrected chi connectivity index (χ0v) is 10.8. The van der Waals surface area contributed by atoms with E-state index in [1.165, 1.54) is 6.20 Å². The van der Waals surface area contributed by atoms with Gasteiger partial charge in [0.05, 0.1) is 5.56 Å². The lowest BCUT2D eigenvalue weighted by Gasteiger charge is -2.20. The summed E-state index contributed by atoms with van der Waals surface area (Å²) in [4.78, 5) is 3.96. The molecule has 1 aromatic rings. The highest BCUT2D eigenvalue weighted by Crippen LogP contribution is 2.33. The molecule has 1 N–H and O–H groups in total. The molecule has 1 heterocycles. The van der Waals surface area contributed by atoms with Crippen LogP contribution in [-0.4, -0.2) is 22.5 Å². The Balaban J connectivity index is 2.10. The molecule has 0 spiro atoms. The number of thioether (sulfide) groups is 1. The van der Waals surface area contributed by atoms with Gasteiger partial charge >= 0.3 is 6.18 Å². The number of hydrogen-bond acceptors (Lipinski definition) is 3. The van der Waals surface area contributed by atoms with Crippen molar-refractivity contribution in [1.82, 2.24) is 4.98 Å². The Morgan fingerprint density at radius 2 is 2.17 bits per heavy atom. The molecule has 18 heavy (non-hydrogen) atoms. The number of pyridine rings is 1. The van der Waals surface area contributed by atoms with Crippen molar-refractivity contribution in [2.75, 3.05) is 11.6 Å². The fourth-order valence-corrected chi connectivity index (χ4v) is 3.18. The van der Waals surface area contributed by atoms with Crippen molar-refractivity contribution in [1.29, 1.82) is 0 Å². The molecule has 2 unspecified atom stereocenters. The standard InChI is InChI=1S/C12H15F3N2S/c1-18-10-4-2-3-9(10)17-11-7-8(5-6-16-11)12(13,14)15/h5-7,9-10H,2-4H2,1H3,(H,16,17). The maximum atomic E-state index is 12.6. The summed E-state index contributed by atoms with van der Waals surface area (Å²) in [7, 11) is 0. The Morgan fingerprint density at radius 1 is 1.39 bits per heavy atom. The van der Waals surface area contributed by atoms with E-state index in [9.17, 15) is 13.2 Å². The van der Waals surface area contributed by atoms with Gasteiger partial charge in [0.2, 0.25) is 0 Å². The lowest BCUT2D eigenvalue weighted by Crippen LogP contribution is -2.26. The van der Waals surface area contributed by atoms with Crippen LogP contribution in [0, 0.1) is 0 Å². The molecule has 1 aliphatic carbocycles. The maximum absolute atomic E-state index is 12.6. The molecule has 2 rings (SSSR count). The van der Waals surface area contributed by atoms with Gasteiger partial charge in [-0.15, -0.1) is 0 Å². The first-order valence-electron chi connectivity index (χ1n) is 5.83. The van der Waals surface area contributed by atoms with Crippen LogP contribution in [0.1, 0.15) is 24.8 Å². The molecule has 0 saturated heterocycles. The second-order valence-electron chi connectivity index (χ2n) is 4.38. The Bertz CT molecular complexity index is 409. The van der Waals surface area contributed by atoms with Crippen molar-refractivity contribution in [2.45, 2.75) is 36.7 Å². The Hall–Kier alpha value is -0.910. The van der Waals surface area contributed by atoms with Crippen molar-refractivity contribution >= 4 is 17.6 Å². The number of alkyl halides is 3. The fourth-order valence-electron chi connectivity index (χ4n) is 2.25. The zero-order chi connectivity index (χ0) is 13.2. The summed E-state index contributed by atoms with van der Waals surface area (Å²) in [5, 5.41) is 3.58. The minimum absolute atomic E-state index is 0.219. The van der Waals surface area contributed by atoms with Crippen LogP contribution in [0.15, 0.2) is 18.3 Å². The van der Waals surface area contributed by atoms with E-state index in [-0.39, 0.29) is 6.04 Å². The summed E-state index contributed by atoms with van der Waals surface area (Å²) in [5.41, 5.74) is -0.654. The number of nitrogens with one attached hydrogen (secondary N) is 1. The summed E-state index contributed by atoms with van der Waals surface area (Å²) in [5.74, 6) is 0.316. The Morgan fingerprint density at radius 3 is 2.83 bits per heavy atom. The van der Waals surface area contributed by atoms with E-state index in [1.807, 2.05) is 6.26 Å². The molecule has 0 aliphatic heterocycles. The largest absolute Gasteiger partial charge is 0.416 e. The van der Waals surface area contributed by atoms with Gasteiger partial charge in [-0.2, -0.15) is 24.9 Å². The van der Waals surface area contributed by atoms with Gasteiger partial charge in [0.1, 0.15) is 5.82 Å². The first kappa shape index (κ1) is 13.5. The van der Waals surface area contributed by atoms with Gasteiger partial charge in [0.25, 0.3) is 0 Å². The van der Waals surface area contributed by atoms with Crippen LogP contribution >= 0.6 is 11.8 Å². The van der Waals surface area contributed by atoms with E-state index in [0.717, 1.165) is 31.4 Å². The molecule has 1 fully saturated rings. The van der Waals surface area contributed by atoms with Crippen molar-refractivity contribution in [2.24, 2.45) is 0 Å². The maximum Gasteiger partial charge on any atom is 0.416 e. The zero-order valence-electron chi connectivity index (χ0n) is 10.00. The molecule has 2 atom stereocenters. The van der Waals surface area contributed by atoms with E-state index >= 15 is 0 Å². The predicted octanol–water partition coefficient (Wildman–Crippen LogP) is 3.80. The number of nitrogens with zero attached hydrogens (tertiary/aromatic N) is 1. The lowest BCUT2D eigenvalue weighted by atomic mass is 10.2. The van der Waals surface area contributed by atoms with Gasteiger partial charge < -0.3 is 5.32 Å². The Labute approximate surface area is 108 Å². The van der Waals surface area contributed by atoms with Crippen LogP contribution < -0.4 is 5.32 Å². The number of anilines is 1. The minimum Gasteiger partial charge on any atom is -0.366 e. The highest BCUT2D eigenvalue weighted by atomic mass is 32.2. The SMILES string of the molecule is CSC1CCCC1Nc1cc(C(F)(F)F)ccn1. The van der Waals surface area contributed by atoms with Gasteiger partial charge in [-0.25, -0.2) is 4.98 Å². The third-order valence-electron chi connectivity index (χ3n) is 3.18. The highest BCUT2D eigenvalue weighted by Gasteiger charge is 2.31. The van der Waals surface area contributed by atoms with Crippen LogP contribution in [-0.2, 0) is 6.18 Å². The topological polar surface area (TPSA) is 24.9 Å². The smallest absolute Gasteiger partial charge is 0.366 e. The van der Waals surface area contributed by atoms with Gasteiger partial charge in [-0.05, 0) is 31.2 Å². The fraction of sp³-hybridized carbons (Fsp3) is 0.583. The highest BCUT2D eigenvalue weighted by molar-refractivity contribution is 7.99. The van der Waals surface area contributed by atoms with Crippen LogP contribution in [0.4, 0.5) is 19.0 Å². The van der Waals surface area contributed by atoms with Crippen molar-refractivity contribution in [3.05, 3.63) is 23.9 Å². The molecule has 2 nitrogen and oxygen atoms in total. The van der Waals surface area contributed by atoms with Crippen molar-refractivity contribution in [3.63, 3.8) is 0 Å². The molecular formula is C12H15F3N2S. The van der Waals surface area contributed by atoms with Gasteiger partial charge in [-0.3, -0.25) is 0 Å². The molecule has 0 bridgehead atoms. The van der Waals surface area contributed by atoms with E-state index in [2.05, 4.69) is 10.3 Å². The van der Waals surface area contributed by atoms with Crippen LogP contribution in [0.25, 0.3) is 0 Å². The summed E-state index contributed by atoms with van der Waals surface area (Å²) >= 11 is 1.76. The Kier molecular flexibility index (Phi) is 4.04. The number of rotatable bonds is 3. The molecule has 6 heteroatoms. The molecule has 1 saturated carbocycles. The molecule has 0 aromatic carbocycles. The monoisotopic (exact) mass is 276 g/mol. The van der Waals surface area contributed by atoms with Crippen LogP contribution in [0.2, 0.25) is 0 Å². The van der Waals surface area contributed by atoms with Gasteiger partial charge in [-0.1, -0.05) is 6.42 Å². The van der Waals surface area contributed by atoms with Gasteiger partial charge in [0, 0.05) is 17.5 Å². The number of halogens is 3. The normalized spacial score (nSPS) is 24.2. The molecular weight excluding hydrogens is 261 g/mol. The third kappa shape index (κ3) is 3.10. The second-order valence-corrected chi connectivity index (χ2v) is 5.46. The number of hydrogen-bond donors (Lipinski definition) is 1. The van der Waals surface area contributed by atoms with Gasteiger partial charge in [0.15, 0.2) is 0 Å². The van der Waals surface area contributed by atoms with Crippen molar-refractivity contribution in [3.8, 4) is 0 Å². The third-order valence-corrected chi connectivity index (χ3v) is 4.35. The van der Waals surface area contributed by atoms with E-state index in [4.69, 9.17) is 0 Å². The van der Waals surface area contributed by atoms with E-state index < -0.39 is 11.7 Å². The quantitative estimate of drug-likeness (QED) is 0.909. The minimum atomic E-state index is -4.31. The predicted molar refractivity (Wildman–Crippen MR) is 67.8 cm³/mol. The average molecular weight is 276 g/mol. The van der Waals surface area contributed by atoms with Crippen LogP contribution in [0.3, 0.4) is 0 Å². The van der Waals surface area contributed by atoms with Crippen molar-refractivity contribution < 1.29 is 13.2 Å². The molecule has 1 aliphatic rings. The summed E-state index contributed by atoms with van der Waals surface area (Å²) in [6.07, 6.45) is 2.13. The van der Waals surface area contributed by atoms with E-state index in [0.29, 0.717) is 11.1 Å². The molecule has 1 aromatic heterocycles. The second kappa shape index (κ2) is 5.38. The lowest BCUT2D eigenvalue weighted by molar-refractivity contribution is -0.137. The molecule has 0 radical (unpaired) electrons. The summed E-state index contributed by atoms with van der Waals surface area (Å²) in [6.45, 7) is 0.